The summed E-state index contributed by atoms with van der Waals surface area (Å²) in [6.07, 6.45) is 4.80. The van der Waals surface area contributed by atoms with Gasteiger partial charge in [-0.2, -0.15) is 0 Å². The van der Waals surface area contributed by atoms with Crippen LogP contribution < -0.4 is 0 Å². The largest absolute Gasteiger partial charge is 0.491 e. The zero-order valence-corrected chi connectivity index (χ0v) is 16.0. The van der Waals surface area contributed by atoms with Crippen molar-refractivity contribution < 1.29 is 33.3 Å². The predicted molar refractivity (Wildman–Crippen MR) is 94.9 cm³/mol. The number of ketones is 1. The van der Waals surface area contributed by atoms with Gasteiger partial charge in [-0.15, -0.1) is 0 Å². The number of carbonyl (C=O) groups is 3. The van der Waals surface area contributed by atoms with E-state index in [0.29, 0.717) is 18.3 Å². The minimum absolute atomic E-state index is 0.125. The number of allylic oxidation sites excluding steroid dienone is 2. The van der Waals surface area contributed by atoms with Crippen molar-refractivity contribution >= 4 is 18.4 Å². The van der Waals surface area contributed by atoms with Crippen molar-refractivity contribution in [3.05, 3.63) is 11.8 Å². The highest BCUT2D eigenvalue weighted by molar-refractivity contribution is 5.94. The molecule has 0 spiro atoms. The summed E-state index contributed by atoms with van der Waals surface area (Å²) in [5.74, 6) is -1.43. The second-order valence-electron chi connectivity index (χ2n) is 7.59. The van der Waals surface area contributed by atoms with Gasteiger partial charge >= 0.3 is 0 Å². The van der Waals surface area contributed by atoms with Gasteiger partial charge in [-0.05, 0) is 25.7 Å². The fourth-order valence-electron chi connectivity index (χ4n) is 4.91. The average molecular weight is 380 g/mol. The third kappa shape index (κ3) is 3.60. The van der Waals surface area contributed by atoms with Crippen LogP contribution in [0.3, 0.4) is 0 Å². The molecule has 0 N–H and O–H groups in total. The molecule has 7 nitrogen and oxygen atoms in total. The summed E-state index contributed by atoms with van der Waals surface area (Å²) in [6.45, 7) is 0. The normalized spacial score (nSPS) is 41.9. The van der Waals surface area contributed by atoms with E-state index >= 15 is 0 Å². The molecule has 0 aromatic rings. The molecular weight excluding hydrogens is 352 g/mol. The Hall–Kier alpha value is -1.57. The minimum Gasteiger partial charge on any atom is -0.491 e. The minimum atomic E-state index is -0.738. The standard InChI is InChI=1S/C20H28O7/c1-24-12-6-4-11(5-7-12)16-8-15(23)17-18(25-2)13(9-21)14(10-22)19(26-3)20(17)27-16/h8-14,17-20H,4-7H2,1-3H3. The summed E-state index contributed by atoms with van der Waals surface area (Å²) < 4.78 is 22.7. The first-order valence-corrected chi connectivity index (χ1v) is 9.50. The third-order valence-corrected chi connectivity index (χ3v) is 6.39. The lowest BCUT2D eigenvalue weighted by atomic mass is 9.67. The Kier molecular flexibility index (Phi) is 6.44. The van der Waals surface area contributed by atoms with Crippen LogP contribution in [0.2, 0.25) is 0 Å². The van der Waals surface area contributed by atoms with Crippen LogP contribution in [-0.2, 0) is 33.3 Å². The van der Waals surface area contributed by atoms with Crippen molar-refractivity contribution in [2.45, 2.75) is 50.1 Å². The van der Waals surface area contributed by atoms with E-state index in [4.69, 9.17) is 18.9 Å². The molecule has 150 valence electrons. The number of carbonyl (C=O) groups excluding carboxylic acids is 3. The molecule has 6 atom stereocenters. The van der Waals surface area contributed by atoms with Gasteiger partial charge in [0.2, 0.25) is 0 Å². The molecule has 0 amide bonds. The summed E-state index contributed by atoms with van der Waals surface area (Å²) in [7, 11) is 4.64. The van der Waals surface area contributed by atoms with Crippen LogP contribution in [0.15, 0.2) is 11.8 Å². The molecule has 3 aliphatic rings. The van der Waals surface area contributed by atoms with E-state index in [2.05, 4.69) is 0 Å². The average Bonchev–Trinajstić information content (AvgIpc) is 2.71. The number of fused-ring (bicyclic) bond motifs is 1. The SMILES string of the molecule is COC1CCC(C2=CC(=O)C3C(OC)C(C=O)C(C=O)C(OC)C3O2)CC1. The molecule has 0 aromatic carbocycles. The second-order valence-corrected chi connectivity index (χ2v) is 7.59. The highest BCUT2D eigenvalue weighted by atomic mass is 16.5. The van der Waals surface area contributed by atoms with E-state index in [1.165, 1.54) is 14.2 Å². The molecule has 0 saturated heterocycles. The second kappa shape index (κ2) is 8.63. The van der Waals surface area contributed by atoms with E-state index in [9.17, 15) is 14.4 Å². The Balaban J connectivity index is 1.88. The van der Waals surface area contributed by atoms with Crippen LogP contribution in [0.4, 0.5) is 0 Å². The molecule has 0 bridgehead atoms. The summed E-state index contributed by atoms with van der Waals surface area (Å²) >= 11 is 0. The number of aldehydes is 2. The van der Waals surface area contributed by atoms with Gasteiger partial charge < -0.3 is 28.5 Å². The van der Waals surface area contributed by atoms with Crippen LogP contribution in [0, 0.1) is 23.7 Å². The highest BCUT2D eigenvalue weighted by Crippen LogP contribution is 2.44. The summed E-state index contributed by atoms with van der Waals surface area (Å²) in [6, 6.07) is 0. The van der Waals surface area contributed by atoms with Crippen LogP contribution in [0.25, 0.3) is 0 Å². The molecule has 1 heterocycles. The van der Waals surface area contributed by atoms with Gasteiger partial charge in [0, 0.05) is 33.3 Å². The fraction of sp³-hybridized carbons (Fsp3) is 0.750. The number of hydrogen-bond acceptors (Lipinski definition) is 7. The van der Waals surface area contributed by atoms with Crippen molar-refractivity contribution in [2.24, 2.45) is 23.7 Å². The van der Waals surface area contributed by atoms with Gasteiger partial charge in [-0.3, -0.25) is 4.79 Å². The fourth-order valence-corrected chi connectivity index (χ4v) is 4.91. The Morgan fingerprint density at radius 3 is 2.04 bits per heavy atom. The maximum atomic E-state index is 13.0. The lowest BCUT2D eigenvalue weighted by Crippen LogP contribution is -2.61. The molecule has 27 heavy (non-hydrogen) atoms. The highest BCUT2D eigenvalue weighted by Gasteiger charge is 2.56. The van der Waals surface area contributed by atoms with Crippen molar-refractivity contribution in [1.82, 2.24) is 0 Å². The summed E-state index contributed by atoms with van der Waals surface area (Å²) in [4.78, 5) is 36.3. The number of rotatable bonds is 6. The number of methoxy groups -OCH3 is 3. The van der Waals surface area contributed by atoms with E-state index in [-0.39, 0.29) is 17.8 Å². The van der Waals surface area contributed by atoms with E-state index < -0.39 is 36.1 Å². The van der Waals surface area contributed by atoms with Gasteiger partial charge in [-0.25, -0.2) is 0 Å². The Morgan fingerprint density at radius 1 is 0.926 bits per heavy atom. The van der Waals surface area contributed by atoms with E-state index in [0.717, 1.165) is 25.7 Å². The summed E-state index contributed by atoms with van der Waals surface area (Å²) in [5.41, 5.74) is 0. The first-order chi connectivity index (χ1) is 13.1. The molecule has 2 aliphatic carbocycles. The smallest absolute Gasteiger partial charge is 0.168 e. The monoisotopic (exact) mass is 380 g/mol. The van der Waals surface area contributed by atoms with Gasteiger partial charge in [0.1, 0.15) is 30.5 Å². The number of hydrogen-bond donors (Lipinski definition) is 0. The van der Waals surface area contributed by atoms with Gasteiger partial charge in [0.15, 0.2) is 5.78 Å². The van der Waals surface area contributed by atoms with Crippen molar-refractivity contribution in [2.75, 3.05) is 21.3 Å². The molecule has 6 unspecified atom stereocenters. The van der Waals surface area contributed by atoms with Crippen molar-refractivity contribution in [3.8, 4) is 0 Å². The summed E-state index contributed by atoms with van der Waals surface area (Å²) in [5, 5.41) is 0. The Labute approximate surface area is 159 Å². The Morgan fingerprint density at radius 2 is 1.52 bits per heavy atom. The molecule has 1 aliphatic heterocycles. The quantitative estimate of drug-likeness (QED) is 0.643. The molecule has 0 aromatic heterocycles. The van der Waals surface area contributed by atoms with Gasteiger partial charge in [-0.1, -0.05) is 0 Å². The van der Waals surface area contributed by atoms with Crippen LogP contribution in [-0.4, -0.2) is 64.1 Å². The first-order valence-electron chi connectivity index (χ1n) is 9.50. The maximum absolute atomic E-state index is 13.0. The molecular formula is C20H28O7. The maximum Gasteiger partial charge on any atom is 0.168 e. The van der Waals surface area contributed by atoms with Gasteiger partial charge in [0.25, 0.3) is 0 Å². The number of ether oxygens (including phenoxy) is 4. The van der Waals surface area contributed by atoms with Crippen LogP contribution in [0.1, 0.15) is 25.7 Å². The molecule has 2 saturated carbocycles. The first kappa shape index (κ1) is 20.2. The van der Waals surface area contributed by atoms with Crippen molar-refractivity contribution in [1.29, 1.82) is 0 Å². The van der Waals surface area contributed by atoms with Gasteiger partial charge in [0.05, 0.1) is 30.0 Å². The molecule has 7 heteroatoms. The Bertz CT molecular complexity index is 593. The topological polar surface area (TPSA) is 88.1 Å². The zero-order chi connectivity index (χ0) is 19.6. The zero-order valence-electron chi connectivity index (χ0n) is 16.0. The third-order valence-electron chi connectivity index (χ3n) is 6.39. The van der Waals surface area contributed by atoms with E-state index in [1.54, 1.807) is 13.2 Å². The molecule has 0 radical (unpaired) electrons. The van der Waals surface area contributed by atoms with Crippen LogP contribution >= 0.6 is 0 Å². The van der Waals surface area contributed by atoms with E-state index in [1.807, 2.05) is 0 Å². The van der Waals surface area contributed by atoms with Crippen LogP contribution in [0.5, 0.6) is 0 Å². The van der Waals surface area contributed by atoms with Crippen molar-refractivity contribution in [3.63, 3.8) is 0 Å². The molecule has 3 rings (SSSR count). The lowest BCUT2D eigenvalue weighted by Gasteiger charge is -2.48. The predicted octanol–water partition coefficient (Wildman–Crippen LogP) is 1.33. The lowest BCUT2D eigenvalue weighted by molar-refractivity contribution is -0.187. The molecule has 2 fully saturated rings.